The zero-order chi connectivity index (χ0) is 9.14. The van der Waals surface area contributed by atoms with Gasteiger partial charge in [-0.15, -0.1) is 4.91 Å². The third kappa shape index (κ3) is 1.22. The van der Waals surface area contributed by atoms with Gasteiger partial charge in [-0.3, -0.25) is 25.4 Å². The Bertz CT molecular complexity index is 404. The molecule has 0 saturated carbocycles. The van der Waals surface area contributed by atoms with E-state index in [1.54, 1.807) is 4.98 Å². The number of hydrogen-bond donors (Lipinski definition) is 4. The highest BCUT2D eigenvalue weighted by molar-refractivity contribution is 5.56. The molecule has 0 radical (unpaired) electrons. The summed E-state index contributed by atoms with van der Waals surface area (Å²) in [7, 11) is 0. The second kappa shape index (κ2) is 2.96. The number of aromatic amines is 2. The normalized spacial score (nSPS) is 9.42. The third-order valence-electron chi connectivity index (χ3n) is 1.13. The topological polar surface area (TPSA) is 127 Å². The third-order valence-corrected chi connectivity index (χ3v) is 1.13. The predicted molar refractivity (Wildman–Crippen MR) is 38.5 cm³/mol. The summed E-state index contributed by atoms with van der Waals surface area (Å²) in [6.45, 7) is 0. The van der Waals surface area contributed by atoms with Gasteiger partial charge in [0.25, 0.3) is 5.56 Å². The van der Waals surface area contributed by atoms with E-state index in [1.807, 2.05) is 4.98 Å². The van der Waals surface area contributed by atoms with E-state index >= 15 is 0 Å². The highest BCUT2D eigenvalue weighted by Gasteiger charge is 2.07. The van der Waals surface area contributed by atoms with Gasteiger partial charge in [0.1, 0.15) is 0 Å². The highest BCUT2D eigenvalue weighted by Crippen LogP contribution is 2.12. The molecule has 12 heavy (non-hydrogen) atoms. The van der Waals surface area contributed by atoms with Gasteiger partial charge in [0.05, 0.1) is 0 Å². The summed E-state index contributed by atoms with van der Waals surface area (Å²) in [6.07, 6.45) is 0. The van der Waals surface area contributed by atoms with Crippen LogP contribution >= 0.6 is 0 Å². The molecular weight excluding hydrogens is 168 g/mol. The number of rotatable bonds is 2. The minimum Gasteiger partial charge on any atom is -0.291 e. The zero-order valence-corrected chi connectivity index (χ0v) is 5.62. The monoisotopic (exact) mass is 172 g/mol. The smallest absolute Gasteiger partial charge is 0.291 e. The first-order valence-electron chi connectivity index (χ1n) is 2.79. The maximum absolute atomic E-state index is 10.8. The molecule has 4 N–H and O–H groups in total. The summed E-state index contributed by atoms with van der Waals surface area (Å²) in [4.78, 5) is 34.9. The Hall–Kier alpha value is -1.96. The first-order chi connectivity index (χ1) is 5.69. The van der Waals surface area contributed by atoms with E-state index in [0.29, 0.717) is 0 Å². The van der Waals surface area contributed by atoms with E-state index in [0.717, 1.165) is 0 Å². The number of nitrogens with zero attached hydrogens (tertiary/aromatic N) is 1. The highest BCUT2D eigenvalue weighted by atomic mass is 16.5. The second-order valence-corrected chi connectivity index (χ2v) is 1.83. The summed E-state index contributed by atoms with van der Waals surface area (Å²) in [5.41, 5.74) is -0.849. The van der Waals surface area contributed by atoms with Crippen LogP contribution in [0.1, 0.15) is 0 Å². The van der Waals surface area contributed by atoms with Crippen molar-refractivity contribution in [3.8, 4) is 0 Å². The second-order valence-electron chi connectivity index (χ2n) is 1.83. The molecule has 0 unspecified atom stereocenters. The minimum atomic E-state index is -0.921. The first kappa shape index (κ1) is 8.14. The Morgan fingerprint density at radius 2 is 2.00 bits per heavy atom. The number of H-pyrrole nitrogens is 2. The van der Waals surface area contributed by atoms with Gasteiger partial charge in [-0.25, -0.2) is 4.79 Å². The van der Waals surface area contributed by atoms with E-state index in [-0.39, 0.29) is 0 Å². The largest absolute Gasteiger partial charge is 0.327 e. The molecule has 0 aliphatic heterocycles. The molecule has 0 aromatic carbocycles. The minimum absolute atomic E-state index is 0.496. The summed E-state index contributed by atoms with van der Waals surface area (Å²) < 4.78 is 0. The molecular formula is C4H4N4O4. The fourth-order valence-electron chi connectivity index (χ4n) is 0.647. The fraction of sp³-hybridized carbons (Fsp3) is 0. The van der Waals surface area contributed by atoms with Gasteiger partial charge in [0.15, 0.2) is 5.69 Å². The average molecular weight is 172 g/mol. The van der Waals surface area contributed by atoms with Crippen LogP contribution in [0.5, 0.6) is 0 Å². The lowest BCUT2D eigenvalue weighted by atomic mass is 10.5. The van der Waals surface area contributed by atoms with Crippen LogP contribution in [0.3, 0.4) is 0 Å². The van der Waals surface area contributed by atoms with Crippen LogP contribution in [0.15, 0.2) is 14.8 Å². The van der Waals surface area contributed by atoms with Crippen LogP contribution in [0.25, 0.3) is 0 Å². The quantitative estimate of drug-likeness (QED) is 0.345. The lowest BCUT2D eigenvalue weighted by Crippen LogP contribution is -2.24. The van der Waals surface area contributed by atoms with Crippen molar-refractivity contribution in [2.24, 2.45) is 5.18 Å². The SMILES string of the molecule is O=Nc1[nH]c(=O)[nH]c(=O)c1NO. The van der Waals surface area contributed by atoms with E-state index in [9.17, 15) is 14.5 Å². The molecule has 1 aromatic rings. The van der Waals surface area contributed by atoms with Crippen molar-refractivity contribution in [2.75, 3.05) is 5.48 Å². The van der Waals surface area contributed by atoms with Crippen LogP contribution in [0.4, 0.5) is 11.5 Å². The molecule has 0 atom stereocenters. The summed E-state index contributed by atoms with van der Waals surface area (Å²) in [5.74, 6) is -0.550. The van der Waals surface area contributed by atoms with E-state index in [2.05, 4.69) is 5.18 Å². The van der Waals surface area contributed by atoms with Crippen LogP contribution < -0.4 is 16.7 Å². The predicted octanol–water partition coefficient (Wildman–Crippen LogP) is -0.738. The molecule has 0 saturated heterocycles. The molecule has 64 valence electrons. The van der Waals surface area contributed by atoms with Crippen LogP contribution in [0.2, 0.25) is 0 Å². The molecule has 1 heterocycles. The van der Waals surface area contributed by atoms with Gasteiger partial charge < -0.3 is 0 Å². The van der Waals surface area contributed by atoms with Gasteiger partial charge in [0.2, 0.25) is 5.82 Å². The lowest BCUT2D eigenvalue weighted by molar-refractivity contribution is 0.387. The van der Waals surface area contributed by atoms with Crippen molar-refractivity contribution in [1.29, 1.82) is 0 Å². The van der Waals surface area contributed by atoms with Crippen LogP contribution in [-0.2, 0) is 0 Å². The van der Waals surface area contributed by atoms with Crippen molar-refractivity contribution in [3.05, 3.63) is 25.7 Å². The molecule has 0 aliphatic carbocycles. The molecule has 0 amide bonds. The summed E-state index contributed by atoms with van der Waals surface area (Å²) in [6, 6.07) is 0. The van der Waals surface area contributed by atoms with E-state index < -0.39 is 22.8 Å². The maximum Gasteiger partial charge on any atom is 0.327 e. The number of nitrogens with one attached hydrogen (secondary N) is 3. The van der Waals surface area contributed by atoms with E-state index in [1.165, 1.54) is 5.48 Å². The molecule has 8 heteroatoms. The van der Waals surface area contributed by atoms with Crippen molar-refractivity contribution in [2.45, 2.75) is 0 Å². The summed E-state index contributed by atoms with van der Waals surface area (Å²) in [5, 5.41) is 10.6. The maximum atomic E-state index is 10.8. The molecule has 1 rings (SSSR count). The van der Waals surface area contributed by atoms with Gasteiger partial charge in [-0.1, -0.05) is 0 Å². The Labute approximate surface area is 64.2 Å². The van der Waals surface area contributed by atoms with Crippen molar-refractivity contribution in [3.63, 3.8) is 0 Å². The van der Waals surface area contributed by atoms with Crippen LogP contribution in [-0.4, -0.2) is 15.2 Å². The average Bonchev–Trinajstić information content (AvgIpc) is 2.03. The van der Waals surface area contributed by atoms with Crippen LogP contribution in [0, 0.1) is 4.91 Å². The standard InChI is InChI=1S/C4H4N4O4/c9-3-1(7-11)2(8-12)5-4(10)6-3/h7,11H,(H2,5,6,9,10). The number of anilines is 1. The van der Waals surface area contributed by atoms with Gasteiger partial charge in [-0.2, -0.15) is 0 Å². The lowest BCUT2D eigenvalue weighted by Gasteiger charge is -1.96. The number of aromatic nitrogens is 2. The van der Waals surface area contributed by atoms with Gasteiger partial charge in [0, 0.05) is 0 Å². The number of nitroso groups, excluding NO2 is 1. The molecule has 0 bridgehead atoms. The summed E-state index contributed by atoms with van der Waals surface area (Å²) >= 11 is 0. The van der Waals surface area contributed by atoms with Crippen molar-refractivity contribution >= 4 is 11.5 Å². The number of hydrogen-bond acceptors (Lipinski definition) is 6. The Balaban J connectivity index is 3.55. The van der Waals surface area contributed by atoms with E-state index in [4.69, 9.17) is 5.21 Å². The van der Waals surface area contributed by atoms with Gasteiger partial charge in [-0.05, 0) is 5.18 Å². The fourth-order valence-corrected chi connectivity index (χ4v) is 0.647. The van der Waals surface area contributed by atoms with Crippen molar-refractivity contribution in [1.82, 2.24) is 9.97 Å². The van der Waals surface area contributed by atoms with Gasteiger partial charge >= 0.3 is 5.69 Å². The first-order valence-corrected chi connectivity index (χ1v) is 2.79. The molecule has 0 aliphatic rings. The molecule has 1 aromatic heterocycles. The Morgan fingerprint density at radius 3 is 2.50 bits per heavy atom. The van der Waals surface area contributed by atoms with Crippen molar-refractivity contribution < 1.29 is 5.21 Å². The molecule has 0 fully saturated rings. The Morgan fingerprint density at radius 1 is 1.33 bits per heavy atom. The Kier molecular flexibility index (Phi) is 2.01. The zero-order valence-electron chi connectivity index (χ0n) is 5.62. The molecule has 0 spiro atoms. The molecule has 8 nitrogen and oxygen atoms in total.